The first-order valence-corrected chi connectivity index (χ1v) is 13.1. The number of carboxylic acids is 3. The number of rotatable bonds is 11. The van der Waals surface area contributed by atoms with Gasteiger partial charge in [-0.3, -0.25) is 14.4 Å². The van der Waals surface area contributed by atoms with E-state index in [-0.39, 0.29) is 17.8 Å². The smallest absolute Gasteiger partial charge is 0.306 e. The molecule has 3 N–H and O–H groups in total. The fourth-order valence-corrected chi connectivity index (χ4v) is 3.78. The van der Waals surface area contributed by atoms with E-state index in [4.69, 9.17) is 15.3 Å². The fraction of sp³-hybridized carbons (Fsp3) is 0.517. The number of aryl methyl sites for hydroxylation is 2. The Morgan fingerprint density at radius 1 is 0.842 bits per heavy atom. The van der Waals surface area contributed by atoms with Crippen LogP contribution < -0.4 is 0 Å². The standard InChI is InChI=1S/C13H15NO2.C8H12N2O2.C8H16O2/c1-9(13(15)16)7-10-8-14(2)12-6-4-3-5-11(10)12;1-6(8(11)12)5-7-9-3-4-10(7)2;1-3-4-5-6-7(2)8(9)10/h3-6,8-9H,7H2,1-2H3,(H,15,16);3-4,6H,5H2,1-2H3,(H,11,12);7H,3-6H2,1-2H3,(H,9,10). The van der Waals surface area contributed by atoms with Crippen molar-refractivity contribution in [3.05, 3.63) is 54.2 Å². The number of unbranched alkanes of at least 4 members (excludes halogenated alkanes) is 2. The minimum absolute atomic E-state index is 0.161. The molecule has 1 aromatic carbocycles. The van der Waals surface area contributed by atoms with Gasteiger partial charge in [0.1, 0.15) is 5.82 Å². The van der Waals surface area contributed by atoms with Gasteiger partial charge in [0.05, 0.1) is 17.8 Å². The first kappa shape index (κ1) is 32.4. The number of fused-ring (bicyclic) bond motifs is 1. The van der Waals surface area contributed by atoms with Crippen LogP contribution in [0.25, 0.3) is 10.9 Å². The number of para-hydroxylation sites is 1. The van der Waals surface area contributed by atoms with E-state index in [9.17, 15) is 14.4 Å². The summed E-state index contributed by atoms with van der Waals surface area (Å²) in [5.41, 5.74) is 2.25. The molecular formula is C29H43N3O6. The lowest BCUT2D eigenvalue weighted by Crippen LogP contribution is -2.14. The maximum absolute atomic E-state index is 10.8. The van der Waals surface area contributed by atoms with Crippen molar-refractivity contribution < 1.29 is 29.7 Å². The van der Waals surface area contributed by atoms with E-state index >= 15 is 0 Å². The summed E-state index contributed by atoms with van der Waals surface area (Å²) in [5.74, 6) is -2.25. The Morgan fingerprint density at radius 3 is 1.95 bits per heavy atom. The molecule has 2 heterocycles. The molecule has 3 aromatic rings. The number of nitrogens with zero attached hydrogens (tertiary/aromatic N) is 3. The van der Waals surface area contributed by atoms with Gasteiger partial charge in [-0.25, -0.2) is 4.98 Å². The molecule has 0 aliphatic heterocycles. The van der Waals surface area contributed by atoms with Crippen LogP contribution in [-0.2, 0) is 41.3 Å². The summed E-state index contributed by atoms with van der Waals surface area (Å²) >= 11 is 0. The van der Waals surface area contributed by atoms with Gasteiger partial charge in [0.25, 0.3) is 0 Å². The summed E-state index contributed by atoms with van der Waals surface area (Å²) in [7, 11) is 3.84. The topological polar surface area (TPSA) is 135 Å². The quantitative estimate of drug-likeness (QED) is 0.283. The minimum atomic E-state index is -0.780. The van der Waals surface area contributed by atoms with Gasteiger partial charge >= 0.3 is 17.9 Å². The van der Waals surface area contributed by atoms with Gasteiger partial charge in [0, 0.05) is 50.0 Å². The van der Waals surface area contributed by atoms with Crippen molar-refractivity contribution in [2.45, 2.75) is 66.2 Å². The molecule has 0 amide bonds. The van der Waals surface area contributed by atoms with Gasteiger partial charge in [-0.1, -0.05) is 65.2 Å². The normalized spacial score (nSPS) is 12.9. The van der Waals surface area contributed by atoms with Gasteiger partial charge < -0.3 is 24.5 Å². The second kappa shape index (κ2) is 16.3. The summed E-state index contributed by atoms with van der Waals surface area (Å²) in [6.07, 6.45) is 10.7. The molecule has 9 nitrogen and oxygen atoms in total. The van der Waals surface area contributed by atoms with Crippen molar-refractivity contribution >= 4 is 28.8 Å². The van der Waals surface area contributed by atoms with Gasteiger partial charge in [-0.05, 0) is 24.5 Å². The predicted octanol–water partition coefficient (Wildman–Crippen LogP) is 5.41. The number of carbonyl (C=O) groups is 3. The number of hydrogen-bond acceptors (Lipinski definition) is 4. The van der Waals surface area contributed by atoms with E-state index in [1.165, 1.54) is 0 Å². The Balaban J connectivity index is 0.000000296. The van der Waals surface area contributed by atoms with Crippen molar-refractivity contribution in [1.29, 1.82) is 0 Å². The Labute approximate surface area is 225 Å². The molecule has 3 rings (SSSR count). The molecule has 3 unspecified atom stereocenters. The molecule has 2 aromatic heterocycles. The molecule has 9 heteroatoms. The highest BCUT2D eigenvalue weighted by molar-refractivity contribution is 5.84. The zero-order valence-corrected chi connectivity index (χ0v) is 23.4. The first-order valence-electron chi connectivity index (χ1n) is 13.1. The van der Waals surface area contributed by atoms with Crippen LogP contribution in [0, 0.1) is 17.8 Å². The Hall–Kier alpha value is -3.62. The molecule has 0 aliphatic rings. The van der Waals surface area contributed by atoms with E-state index in [0.29, 0.717) is 12.8 Å². The van der Waals surface area contributed by atoms with Crippen molar-refractivity contribution in [1.82, 2.24) is 14.1 Å². The predicted molar refractivity (Wildman–Crippen MR) is 148 cm³/mol. The molecule has 0 radical (unpaired) electrons. The molecular weight excluding hydrogens is 486 g/mol. The molecule has 0 saturated heterocycles. The summed E-state index contributed by atoms with van der Waals surface area (Å²) in [5, 5.41) is 27.2. The molecule has 210 valence electrons. The number of imidazole rings is 1. The summed E-state index contributed by atoms with van der Waals surface area (Å²) in [6, 6.07) is 8.06. The highest BCUT2D eigenvalue weighted by Gasteiger charge is 2.15. The van der Waals surface area contributed by atoms with Crippen LogP contribution in [0.15, 0.2) is 42.9 Å². The van der Waals surface area contributed by atoms with Crippen LogP contribution in [0.3, 0.4) is 0 Å². The average molecular weight is 530 g/mol. The fourth-order valence-electron chi connectivity index (χ4n) is 3.78. The van der Waals surface area contributed by atoms with E-state index in [0.717, 1.165) is 48.0 Å². The maximum atomic E-state index is 10.8. The molecule has 0 fully saturated rings. The lowest BCUT2D eigenvalue weighted by atomic mass is 10.0. The summed E-state index contributed by atoms with van der Waals surface area (Å²) in [4.78, 5) is 35.7. The first-order chi connectivity index (χ1) is 17.9. The molecule has 0 bridgehead atoms. The largest absolute Gasteiger partial charge is 0.481 e. The lowest BCUT2D eigenvalue weighted by molar-refractivity contribution is -0.142. The Morgan fingerprint density at radius 2 is 1.42 bits per heavy atom. The number of aliphatic carboxylic acids is 3. The van der Waals surface area contributed by atoms with Gasteiger partial charge in [-0.15, -0.1) is 0 Å². The van der Waals surface area contributed by atoms with Crippen molar-refractivity contribution in [3.8, 4) is 0 Å². The van der Waals surface area contributed by atoms with Gasteiger partial charge in [0.2, 0.25) is 0 Å². The molecule has 0 saturated carbocycles. The van der Waals surface area contributed by atoms with Crippen LogP contribution in [0.5, 0.6) is 0 Å². The minimum Gasteiger partial charge on any atom is -0.481 e. The zero-order valence-electron chi connectivity index (χ0n) is 23.4. The molecule has 0 spiro atoms. The van der Waals surface area contributed by atoms with Crippen LogP contribution in [0.4, 0.5) is 0 Å². The number of hydrogen-bond donors (Lipinski definition) is 3. The Bertz CT molecular complexity index is 1170. The van der Waals surface area contributed by atoms with Crippen molar-refractivity contribution in [2.24, 2.45) is 31.8 Å². The number of aromatic nitrogens is 3. The van der Waals surface area contributed by atoms with Crippen LogP contribution in [0.1, 0.15) is 64.8 Å². The highest BCUT2D eigenvalue weighted by Crippen LogP contribution is 2.22. The van der Waals surface area contributed by atoms with E-state index in [1.54, 1.807) is 27.0 Å². The average Bonchev–Trinajstić information content (AvgIpc) is 3.42. The maximum Gasteiger partial charge on any atom is 0.306 e. The monoisotopic (exact) mass is 529 g/mol. The van der Waals surface area contributed by atoms with E-state index < -0.39 is 17.9 Å². The van der Waals surface area contributed by atoms with Crippen molar-refractivity contribution in [3.63, 3.8) is 0 Å². The molecule has 3 atom stereocenters. The summed E-state index contributed by atoms with van der Waals surface area (Å²) in [6.45, 7) is 7.30. The third-order valence-electron chi connectivity index (χ3n) is 6.42. The van der Waals surface area contributed by atoms with Crippen LogP contribution >= 0.6 is 0 Å². The van der Waals surface area contributed by atoms with Gasteiger partial charge in [0.15, 0.2) is 0 Å². The van der Waals surface area contributed by atoms with Gasteiger partial charge in [-0.2, -0.15) is 0 Å². The molecule has 0 aliphatic carbocycles. The zero-order chi connectivity index (χ0) is 28.8. The van der Waals surface area contributed by atoms with E-state index in [2.05, 4.69) is 11.9 Å². The number of benzene rings is 1. The highest BCUT2D eigenvalue weighted by atomic mass is 16.4. The van der Waals surface area contributed by atoms with Crippen LogP contribution in [0.2, 0.25) is 0 Å². The second-order valence-electron chi connectivity index (χ2n) is 9.86. The van der Waals surface area contributed by atoms with E-state index in [1.807, 2.05) is 59.9 Å². The van der Waals surface area contributed by atoms with Crippen molar-refractivity contribution in [2.75, 3.05) is 0 Å². The number of carboxylic acid groups (broad SMARTS) is 3. The summed E-state index contributed by atoms with van der Waals surface area (Å²) < 4.78 is 3.87. The second-order valence-corrected chi connectivity index (χ2v) is 9.86. The third-order valence-corrected chi connectivity index (χ3v) is 6.42. The molecule has 38 heavy (non-hydrogen) atoms. The Kier molecular flexibility index (Phi) is 13.9. The SMILES string of the molecule is CC(Cc1cn(C)c2ccccc12)C(=O)O.CC(Cc1nccn1C)C(=O)O.CCCCCC(C)C(=O)O. The lowest BCUT2D eigenvalue weighted by Gasteiger charge is -2.04. The third kappa shape index (κ3) is 10.8. The van der Waals surface area contributed by atoms with Crippen LogP contribution in [-0.4, -0.2) is 47.3 Å².